The maximum atomic E-state index is 12.9. The van der Waals surface area contributed by atoms with Crippen molar-refractivity contribution in [3.05, 3.63) is 83.2 Å². The van der Waals surface area contributed by atoms with Gasteiger partial charge in [-0.2, -0.15) is 0 Å². The van der Waals surface area contributed by atoms with Crippen molar-refractivity contribution in [2.75, 3.05) is 19.5 Å². The quantitative estimate of drug-likeness (QED) is 0.465. The number of hydrogen-bond donors (Lipinski definition) is 2. The number of ether oxygens (including phenoxy) is 2. The Hall–Kier alpha value is -3.87. The zero-order valence-electron chi connectivity index (χ0n) is 18.1. The first-order chi connectivity index (χ1) is 15.0. The fraction of sp³-hybridized carbons (Fsp3) is 0.208. The highest BCUT2D eigenvalue weighted by Gasteiger charge is 2.12. The molecule has 0 saturated heterocycles. The van der Waals surface area contributed by atoms with E-state index in [1.807, 2.05) is 38.1 Å². The van der Waals surface area contributed by atoms with E-state index in [4.69, 9.17) is 9.47 Å². The maximum absolute atomic E-state index is 12.9. The third kappa shape index (κ3) is 6.05. The fourth-order valence-electron chi connectivity index (χ4n) is 2.85. The van der Waals surface area contributed by atoms with Gasteiger partial charge in [0.05, 0.1) is 20.8 Å². The van der Waals surface area contributed by atoms with Crippen molar-refractivity contribution >= 4 is 17.6 Å². The number of anilines is 1. The first kappa shape index (κ1) is 21.8. The SMILES string of the molecule is COc1cc(NC(=NCc2cccnc2)NC(=O)c2ccc(C)c(C)c2)cc(OC)c1. The number of aromatic nitrogens is 1. The lowest BCUT2D eigenvalue weighted by atomic mass is 10.1. The van der Waals surface area contributed by atoms with E-state index < -0.39 is 0 Å². The van der Waals surface area contributed by atoms with Crippen LogP contribution >= 0.6 is 0 Å². The largest absolute Gasteiger partial charge is 0.497 e. The molecule has 0 atom stereocenters. The molecule has 1 aromatic heterocycles. The van der Waals surface area contributed by atoms with Crippen LogP contribution in [0.3, 0.4) is 0 Å². The summed E-state index contributed by atoms with van der Waals surface area (Å²) in [5.41, 5.74) is 4.32. The Labute approximate surface area is 182 Å². The van der Waals surface area contributed by atoms with Gasteiger partial charge in [0.15, 0.2) is 0 Å². The summed E-state index contributed by atoms with van der Waals surface area (Å²) in [5.74, 6) is 1.29. The number of nitrogens with one attached hydrogen (secondary N) is 2. The molecule has 0 saturated carbocycles. The minimum absolute atomic E-state index is 0.254. The Morgan fingerprint density at radius 3 is 2.35 bits per heavy atom. The topological polar surface area (TPSA) is 84.8 Å². The van der Waals surface area contributed by atoms with E-state index in [1.54, 1.807) is 50.9 Å². The van der Waals surface area contributed by atoms with Crippen LogP contribution in [0.15, 0.2) is 65.9 Å². The average molecular weight is 418 g/mol. The number of guanidine groups is 1. The van der Waals surface area contributed by atoms with Crippen LogP contribution in [0, 0.1) is 13.8 Å². The molecule has 31 heavy (non-hydrogen) atoms. The van der Waals surface area contributed by atoms with Crippen molar-refractivity contribution in [2.24, 2.45) is 4.99 Å². The molecule has 0 spiro atoms. The Morgan fingerprint density at radius 2 is 1.74 bits per heavy atom. The second-order valence-corrected chi connectivity index (χ2v) is 7.01. The Kier molecular flexibility index (Phi) is 7.22. The molecule has 1 amide bonds. The molecule has 0 bridgehead atoms. The third-order valence-electron chi connectivity index (χ3n) is 4.76. The number of carbonyl (C=O) groups is 1. The first-order valence-electron chi connectivity index (χ1n) is 9.80. The normalized spacial score (nSPS) is 11.0. The highest BCUT2D eigenvalue weighted by Crippen LogP contribution is 2.25. The van der Waals surface area contributed by atoms with Gasteiger partial charge in [-0.05, 0) is 48.7 Å². The van der Waals surface area contributed by atoms with E-state index in [0.29, 0.717) is 35.3 Å². The molecule has 0 unspecified atom stereocenters. The van der Waals surface area contributed by atoms with Crippen LogP contribution in [0.5, 0.6) is 11.5 Å². The summed E-state index contributed by atoms with van der Waals surface area (Å²) in [4.78, 5) is 21.5. The number of pyridine rings is 1. The number of nitrogens with zero attached hydrogens (tertiary/aromatic N) is 2. The summed E-state index contributed by atoms with van der Waals surface area (Å²) in [7, 11) is 3.16. The highest BCUT2D eigenvalue weighted by atomic mass is 16.5. The lowest BCUT2D eigenvalue weighted by Gasteiger charge is -2.14. The van der Waals surface area contributed by atoms with Crippen LogP contribution in [0.4, 0.5) is 5.69 Å². The van der Waals surface area contributed by atoms with Gasteiger partial charge in [-0.1, -0.05) is 12.1 Å². The second-order valence-electron chi connectivity index (χ2n) is 7.01. The van der Waals surface area contributed by atoms with Crippen LogP contribution in [0.2, 0.25) is 0 Å². The molecular formula is C24H26N4O3. The summed E-state index contributed by atoms with van der Waals surface area (Å²) < 4.78 is 10.7. The Balaban J connectivity index is 1.87. The zero-order valence-corrected chi connectivity index (χ0v) is 18.1. The molecule has 3 aromatic rings. The number of rotatable bonds is 6. The predicted octanol–water partition coefficient (Wildman–Crippen LogP) is 4.11. The predicted molar refractivity (Wildman–Crippen MR) is 122 cm³/mol. The standard InChI is InChI=1S/C24H26N4O3/c1-16-7-8-19(10-17(16)2)23(29)28-24(26-15-18-6-5-9-25-14-18)27-20-11-21(30-3)13-22(12-20)31-4/h5-14H,15H2,1-4H3,(H2,26,27,28,29). The van der Waals surface area contributed by atoms with Crippen LogP contribution in [-0.2, 0) is 6.54 Å². The number of benzene rings is 2. The van der Waals surface area contributed by atoms with Crippen molar-refractivity contribution < 1.29 is 14.3 Å². The van der Waals surface area contributed by atoms with Gasteiger partial charge in [-0.15, -0.1) is 0 Å². The van der Waals surface area contributed by atoms with Gasteiger partial charge >= 0.3 is 0 Å². The summed E-state index contributed by atoms with van der Waals surface area (Å²) in [6.45, 7) is 4.34. The number of methoxy groups -OCH3 is 2. The smallest absolute Gasteiger partial charge is 0.257 e. The van der Waals surface area contributed by atoms with E-state index in [9.17, 15) is 4.79 Å². The number of carbonyl (C=O) groups excluding carboxylic acids is 1. The van der Waals surface area contributed by atoms with Crippen molar-refractivity contribution in [1.82, 2.24) is 10.3 Å². The molecule has 7 heteroatoms. The van der Waals surface area contributed by atoms with Crippen molar-refractivity contribution in [2.45, 2.75) is 20.4 Å². The van der Waals surface area contributed by atoms with E-state index in [-0.39, 0.29) is 5.91 Å². The van der Waals surface area contributed by atoms with E-state index in [2.05, 4.69) is 20.6 Å². The van der Waals surface area contributed by atoms with Gasteiger partial charge in [0.1, 0.15) is 11.5 Å². The number of aliphatic imine (C=N–C) groups is 1. The van der Waals surface area contributed by atoms with Crippen LogP contribution in [0.1, 0.15) is 27.0 Å². The lowest BCUT2D eigenvalue weighted by Crippen LogP contribution is -2.36. The highest BCUT2D eigenvalue weighted by molar-refractivity contribution is 6.10. The second kappa shape index (κ2) is 10.2. The van der Waals surface area contributed by atoms with Gasteiger partial charge in [0, 0.05) is 41.8 Å². The van der Waals surface area contributed by atoms with E-state index in [0.717, 1.165) is 16.7 Å². The molecule has 0 radical (unpaired) electrons. The molecule has 0 aliphatic carbocycles. The minimum atomic E-state index is -0.254. The number of hydrogen-bond acceptors (Lipinski definition) is 5. The number of amides is 1. The lowest BCUT2D eigenvalue weighted by molar-refractivity contribution is 0.0977. The Morgan fingerprint density at radius 1 is 1.00 bits per heavy atom. The summed E-state index contributed by atoms with van der Waals surface area (Å²) in [5, 5.41) is 6.03. The molecule has 160 valence electrons. The summed E-state index contributed by atoms with van der Waals surface area (Å²) in [6, 6.07) is 14.7. The van der Waals surface area contributed by atoms with E-state index >= 15 is 0 Å². The van der Waals surface area contributed by atoms with Gasteiger partial charge in [-0.3, -0.25) is 15.1 Å². The molecule has 0 aliphatic heterocycles. The molecule has 2 N–H and O–H groups in total. The molecule has 2 aromatic carbocycles. The monoisotopic (exact) mass is 418 g/mol. The van der Waals surface area contributed by atoms with Gasteiger partial charge in [0.2, 0.25) is 5.96 Å². The summed E-state index contributed by atoms with van der Waals surface area (Å²) in [6.07, 6.45) is 3.44. The zero-order chi connectivity index (χ0) is 22.2. The Bertz CT molecular complexity index is 1060. The molecule has 0 aliphatic rings. The third-order valence-corrected chi connectivity index (χ3v) is 4.76. The van der Waals surface area contributed by atoms with Crippen molar-refractivity contribution in [3.8, 4) is 11.5 Å². The van der Waals surface area contributed by atoms with E-state index in [1.165, 1.54) is 0 Å². The van der Waals surface area contributed by atoms with Gasteiger partial charge < -0.3 is 14.8 Å². The minimum Gasteiger partial charge on any atom is -0.497 e. The fourth-order valence-corrected chi connectivity index (χ4v) is 2.85. The van der Waals surface area contributed by atoms with Crippen LogP contribution in [0.25, 0.3) is 0 Å². The molecular weight excluding hydrogens is 392 g/mol. The molecule has 0 fully saturated rings. The molecule has 3 rings (SSSR count). The molecule has 7 nitrogen and oxygen atoms in total. The van der Waals surface area contributed by atoms with Gasteiger partial charge in [0.25, 0.3) is 5.91 Å². The summed E-state index contributed by atoms with van der Waals surface area (Å²) >= 11 is 0. The van der Waals surface area contributed by atoms with Crippen LogP contribution < -0.4 is 20.1 Å². The number of aryl methyl sites for hydroxylation is 2. The van der Waals surface area contributed by atoms with Gasteiger partial charge in [-0.25, -0.2) is 4.99 Å². The van der Waals surface area contributed by atoms with Crippen molar-refractivity contribution in [3.63, 3.8) is 0 Å². The van der Waals surface area contributed by atoms with Crippen molar-refractivity contribution in [1.29, 1.82) is 0 Å². The first-order valence-corrected chi connectivity index (χ1v) is 9.80. The average Bonchev–Trinajstić information content (AvgIpc) is 2.79. The molecule has 1 heterocycles. The maximum Gasteiger partial charge on any atom is 0.257 e. The van der Waals surface area contributed by atoms with Crippen LogP contribution in [-0.4, -0.2) is 31.1 Å².